The van der Waals surface area contributed by atoms with E-state index in [0.29, 0.717) is 9.53 Å². The molecule has 0 saturated carbocycles. The van der Waals surface area contributed by atoms with Crippen LogP contribution in [-0.4, -0.2) is 48.8 Å². The average Bonchev–Trinajstić information content (AvgIpc) is 2.63. The summed E-state index contributed by atoms with van der Waals surface area (Å²) in [7, 11) is 0. The summed E-state index contributed by atoms with van der Waals surface area (Å²) < 4.78 is 1.94. The first-order valence-electron chi connectivity index (χ1n) is 4.26. The van der Waals surface area contributed by atoms with Crippen molar-refractivity contribution >= 4 is 29.9 Å². The van der Waals surface area contributed by atoms with Crippen LogP contribution in [0.4, 0.5) is 4.79 Å². The molecule has 90 valence electrons. The van der Waals surface area contributed by atoms with Crippen molar-refractivity contribution in [3.63, 3.8) is 0 Å². The normalized spacial score (nSPS) is 10.2. The summed E-state index contributed by atoms with van der Waals surface area (Å²) in [6.07, 6.45) is 3.43. The van der Waals surface area contributed by atoms with Crippen LogP contribution in [0.25, 0.3) is 0 Å². The number of carbonyl (C=O) groups is 1. The van der Waals surface area contributed by atoms with E-state index in [1.54, 1.807) is 19.4 Å². The van der Waals surface area contributed by atoms with Crippen LogP contribution in [0.15, 0.2) is 4.79 Å². The molecular weight excluding hydrogens is 254 g/mol. The van der Waals surface area contributed by atoms with E-state index in [9.17, 15) is 9.59 Å². The number of carbonyl (C=O) groups excluding carboxylic acids is 1. The molecule has 1 aromatic heterocycles. The largest absolute Gasteiger partial charge is 0.406 e. The molecule has 0 unspecified atom stereocenters. The minimum absolute atomic E-state index is 0.265. The zero-order chi connectivity index (χ0) is 12.1. The molecule has 0 aliphatic carbocycles. The van der Waals surface area contributed by atoms with Crippen LogP contribution >= 0.6 is 23.9 Å². The van der Waals surface area contributed by atoms with E-state index >= 15 is 0 Å². The fourth-order valence-corrected chi connectivity index (χ4v) is 1.93. The molecule has 0 fully saturated rings. The fraction of sp³-hybridized carbons (Fsp3) is 0.667. The Morgan fingerprint density at radius 2 is 2.06 bits per heavy atom. The highest BCUT2D eigenvalue weighted by atomic mass is 32.2. The third-order valence-electron chi connectivity index (χ3n) is 1.48. The molecule has 0 radical (unpaired) electrons. The molecule has 1 aromatic rings. The number of amides is 1. The van der Waals surface area contributed by atoms with Gasteiger partial charge in [-0.05, 0) is 46.1 Å². The van der Waals surface area contributed by atoms with Gasteiger partial charge >= 0.3 is 11.7 Å². The molecule has 1 heterocycles. The van der Waals surface area contributed by atoms with Crippen LogP contribution < -0.4 is 10.5 Å². The van der Waals surface area contributed by atoms with Gasteiger partial charge in [0.15, 0.2) is 0 Å². The summed E-state index contributed by atoms with van der Waals surface area (Å²) in [6, 6.07) is -0.573. The lowest BCUT2D eigenvalue weighted by Gasteiger charge is -2.12. The maximum absolute atomic E-state index is 11.7. The van der Waals surface area contributed by atoms with Gasteiger partial charge in [0, 0.05) is 12.5 Å². The van der Waals surface area contributed by atoms with Crippen molar-refractivity contribution in [2.75, 3.05) is 19.1 Å². The molecule has 0 aliphatic heterocycles. The quantitative estimate of drug-likeness (QED) is 0.546. The van der Waals surface area contributed by atoms with Crippen molar-refractivity contribution in [1.29, 1.82) is 0 Å². The summed E-state index contributed by atoms with van der Waals surface area (Å²) in [5, 5.41) is 6.83. The van der Waals surface area contributed by atoms with Crippen molar-refractivity contribution < 1.29 is 9.63 Å². The molecule has 1 rings (SSSR count). The van der Waals surface area contributed by atoms with Gasteiger partial charge in [0.05, 0.1) is 0 Å². The molecule has 0 saturated heterocycles. The minimum atomic E-state index is -0.722. The highest BCUT2D eigenvalue weighted by Crippen LogP contribution is 2.16. The van der Waals surface area contributed by atoms with Crippen LogP contribution in [0.3, 0.4) is 0 Å². The molecule has 0 bridgehead atoms. The second-order valence-electron chi connectivity index (χ2n) is 2.37. The minimum Gasteiger partial charge on any atom is -0.391 e. The molecule has 0 spiro atoms. The SMILES string of the molecule is CCOn1nnn(C(=O)N(SC)SC)c1=O. The van der Waals surface area contributed by atoms with Gasteiger partial charge in [-0.15, -0.1) is 4.68 Å². The molecule has 8 nitrogen and oxygen atoms in total. The summed E-state index contributed by atoms with van der Waals surface area (Å²) >= 11 is 2.35. The van der Waals surface area contributed by atoms with Gasteiger partial charge in [0.2, 0.25) is 0 Å². The van der Waals surface area contributed by atoms with Crippen LogP contribution in [-0.2, 0) is 0 Å². The van der Waals surface area contributed by atoms with Crippen molar-refractivity contribution in [1.82, 2.24) is 23.7 Å². The van der Waals surface area contributed by atoms with Crippen LogP contribution in [0.5, 0.6) is 0 Å². The van der Waals surface area contributed by atoms with Gasteiger partial charge in [-0.1, -0.05) is 0 Å². The second kappa shape index (κ2) is 5.80. The van der Waals surface area contributed by atoms with Gasteiger partial charge in [0.25, 0.3) is 0 Å². The Labute approximate surface area is 100 Å². The Kier molecular flexibility index (Phi) is 4.68. The van der Waals surface area contributed by atoms with Crippen molar-refractivity contribution in [3.05, 3.63) is 10.5 Å². The summed E-state index contributed by atoms with van der Waals surface area (Å²) in [5.41, 5.74) is -0.722. The van der Waals surface area contributed by atoms with E-state index in [1.807, 2.05) is 0 Å². The molecular formula is C6H11N5O3S2. The van der Waals surface area contributed by atoms with E-state index in [0.717, 1.165) is 0 Å². The summed E-state index contributed by atoms with van der Waals surface area (Å²) in [4.78, 5) is 28.8. The van der Waals surface area contributed by atoms with E-state index < -0.39 is 11.7 Å². The Morgan fingerprint density at radius 1 is 1.44 bits per heavy atom. The van der Waals surface area contributed by atoms with E-state index in [-0.39, 0.29) is 6.61 Å². The monoisotopic (exact) mass is 265 g/mol. The zero-order valence-corrected chi connectivity index (χ0v) is 10.6. The topological polar surface area (TPSA) is 82.2 Å². The Hall–Kier alpha value is -1.16. The predicted octanol–water partition coefficient (Wildman–Crippen LogP) is -0.286. The first-order valence-corrected chi connectivity index (χ1v) is 6.63. The van der Waals surface area contributed by atoms with E-state index in [2.05, 4.69) is 10.4 Å². The molecule has 0 aromatic carbocycles. The van der Waals surface area contributed by atoms with Crippen molar-refractivity contribution in [3.8, 4) is 0 Å². The average molecular weight is 265 g/mol. The maximum Gasteiger partial charge on any atom is 0.406 e. The van der Waals surface area contributed by atoms with E-state index in [4.69, 9.17) is 4.84 Å². The summed E-state index contributed by atoms with van der Waals surface area (Å²) in [5.74, 6) is 0. The number of rotatable bonds is 4. The van der Waals surface area contributed by atoms with Gasteiger partial charge < -0.3 is 4.84 Å². The van der Waals surface area contributed by atoms with Gasteiger partial charge in [-0.25, -0.2) is 13.3 Å². The molecule has 16 heavy (non-hydrogen) atoms. The Morgan fingerprint density at radius 3 is 2.56 bits per heavy atom. The lowest BCUT2D eigenvalue weighted by Crippen LogP contribution is -2.36. The maximum atomic E-state index is 11.7. The molecule has 0 atom stereocenters. The zero-order valence-electron chi connectivity index (χ0n) is 8.98. The lowest BCUT2D eigenvalue weighted by atomic mass is 10.9. The smallest absolute Gasteiger partial charge is 0.391 e. The molecule has 0 aliphatic rings. The highest BCUT2D eigenvalue weighted by molar-refractivity contribution is 8.12. The van der Waals surface area contributed by atoms with Crippen LogP contribution in [0, 0.1) is 0 Å². The van der Waals surface area contributed by atoms with Gasteiger partial charge in [0.1, 0.15) is 6.61 Å². The lowest BCUT2D eigenvalue weighted by molar-refractivity contribution is 0.0807. The number of aromatic nitrogens is 4. The fourth-order valence-electron chi connectivity index (χ4n) is 0.865. The number of nitrogens with zero attached hydrogens (tertiary/aromatic N) is 5. The number of hydrogen-bond acceptors (Lipinski definition) is 7. The molecule has 0 N–H and O–H groups in total. The number of tetrazole rings is 1. The third-order valence-corrected chi connectivity index (χ3v) is 3.35. The third kappa shape index (κ3) is 2.50. The van der Waals surface area contributed by atoms with E-state index in [1.165, 1.54) is 27.6 Å². The second-order valence-corrected chi connectivity index (χ2v) is 4.06. The van der Waals surface area contributed by atoms with Crippen molar-refractivity contribution in [2.45, 2.75) is 6.92 Å². The standard InChI is InChI=1S/C6H11N5O3S2/c1-4-14-10-5(12)9(7-8-10)6(13)11(15-2)16-3/h4H2,1-3H3. The van der Waals surface area contributed by atoms with Crippen LogP contribution in [0.2, 0.25) is 0 Å². The Bertz CT molecular complexity index is 413. The predicted molar refractivity (Wildman–Crippen MR) is 61.1 cm³/mol. The Balaban J connectivity index is 2.96. The van der Waals surface area contributed by atoms with Crippen molar-refractivity contribution in [2.24, 2.45) is 0 Å². The van der Waals surface area contributed by atoms with Gasteiger partial charge in [-0.2, -0.15) is 0 Å². The summed E-state index contributed by atoms with van der Waals surface area (Å²) in [6.45, 7) is 1.96. The highest BCUT2D eigenvalue weighted by Gasteiger charge is 2.20. The molecule has 1 amide bonds. The first-order chi connectivity index (χ1) is 7.65. The van der Waals surface area contributed by atoms with Crippen LogP contribution in [0.1, 0.15) is 6.92 Å². The first kappa shape index (κ1) is 12.9. The molecule has 10 heteroatoms. The van der Waals surface area contributed by atoms with Gasteiger partial charge in [-0.3, -0.25) is 0 Å². The number of hydrogen-bond donors (Lipinski definition) is 0.